The van der Waals surface area contributed by atoms with Crippen molar-refractivity contribution in [1.82, 2.24) is 5.32 Å². The van der Waals surface area contributed by atoms with E-state index in [1.807, 2.05) is 0 Å². The minimum absolute atomic E-state index is 0.0280. The van der Waals surface area contributed by atoms with Gasteiger partial charge in [-0.25, -0.2) is 0 Å². The molecule has 5 nitrogen and oxygen atoms in total. The van der Waals surface area contributed by atoms with Crippen molar-refractivity contribution in [2.45, 2.75) is 0 Å². The fourth-order valence-corrected chi connectivity index (χ4v) is 1.21. The molecule has 1 aromatic carbocycles. The molecule has 0 aromatic heterocycles. The van der Waals surface area contributed by atoms with Gasteiger partial charge >= 0.3 is 5.69 Å². The van der Waals surface area contributed by atoms with Crippen LogP contribution in [0.25, 0.3) is 0 Å². The van der Waals surface area contributed by atoms with Gasteiger partial charge in [-0.1, -0.05) is 18.7 Å². The Kier molecular flexibility index (Phi) is 4.47. The summed E-state index contributed by atoms with van der Waals surface area (Å²) in [5, 5.41) is 13.6. The summed E-state index contributed by atoms with van der Waals surface area (Å²) in [6, 6.07) is 6.29. The number of nitro benzene ring substituents is 1. The maximum atomic E-state index is 10.7. The van der Waals surface area contributed by atoms with Gasteiger partial charge < -0.3 is 10.1 Å². The van der Waals surface area contributed by atoms with Crippen LogP contribution in [0.2, 0.25) is 0 Å². The Morgan fingerprint density at radius 1 is 1.56 bits per heavy atom. The van der Waals surface area contributed by atoms with E-state index in [1.54, 1.807) is 25.2 Å². The summed E-state index contributed by atoms with van der Waals surface area (Å²) in [5.74, 6) is 0.268. The first-order valence-corrected chi connectivity index (χ1v) is 4.82. The second kappa shape index (κ2) is 5.87. The van der Waals surface area contributed by atoms with Crippen molar-refractivity contribution >= 4 is 5.69 Å². The van der Waals surface area contributed by atoms with Gasteiger partial charge in [0.2, 0.25) is 0 Å². The van der Waals surface area contributed by atoms with Crippen LogP contribution in [0.15, 0.2) is 36.4 Å². The van der Waals surface area contributed by atoms with E-state index in [0.717, 1.165) is 5.57 Å². The van der Waals surface area contributed by atoms with Crippen molar-refractivity contribution in [3.8, 4) is 5.75 Å². The van der Waals surface area contributed by atoms with E-state index in [2.05, 4.69) is 11.9 Å². The molecule has 0 unspecified atom stereocenters. The molecule has 0 spiro atoms. The molecule has 1 rings (SSSR count). The number of nitrogens with one attached hydrogen (secondary N) is 1. The second-order valence-corrected chi connectivity index (χ2v) is 3.29. The summed E-state index contributed by atoms with van der Waals surface area (Å²) >= 11 is 0. The lowest BCUT2D eigenvalue weighted by Gasteiger charge is -2.08. The van der Waals surface area contributed by atoms with E-state index in [4.69, 9.17) is 4.74 Å². The maximum Gasteiger partial charge on any atom is 0.310 e. The molecule has 5 heteroatoms. The zero-order valence-electron chi connectivity index (χ0n) is 9.10. The van der Waals surface area contributed by atoms with Crippen LogP contribution in [-0.2, 0) is 0 Å². The lowest BCUT2D eigenvalue weighted by atomic mass is 10.3. The lowest BCUT2D eigenvalue weighted by Crippen LogP contribution is -2.14. The summed E-state index contributed by atoms with van der Waals surface area (Å²) in [6.07, 6.45) is 0. The highest BCUT2D eigenvalue weighted by Crippen LogP contribution is 2.25. The highest BCUT2D eigenvalue weighted by atomic mass is 16.6. The molecular formula is C11H14N2O3. The van der Waals surface area contributed by atoms with Gasteiger partial charge in [0.25, 0.3) is 0 Å². The van der Waals surface area contributed by atoms with Crippen LogP contribution < -0.4 is 10.1 Å². The molecule has 1 aromatic rings. The molecule has 1 N–H and O–H groups in total. The van der Waals surface area contributed by atoms with Crippen molar-refractivity contribution in [2.24, 2.45) is 0 Å². The van der Waals surface area contributed by atoms with Crippen molar-refractivity contribution in [2.75, 3.05) is 20.2 Å². The van der Waals surface area contributed by atoms with Crippen LogP contribution in [0.3, 0.4) is 0 Å². The van der Waals surface area contributed by atoms with Gasteiger partial charge in [0, 0.05) is 12.6 Å². The predicted octanol–water partition coefficient (Wildman–Crippen LogP) is 1.75. The molecule has 0 fully saturated rings. The predicted molar refractivity (Wildman–Crippen MR) is 61.7 cm³/mol. The van der Waals surface area contributed by atoms with Crippen molar-refractivity contribution < 1.29 is 9.66 Å². The van der Waals surface area contributed by atoms with Crippen molar-refractivity contribution in [1.29, 1.82) is 0 Å². The number of hydrogen-bond donors (Lipinski definition) is 1. The maximum absolute atomic E-state index is 10.7. The monoisotopic (exact) mass is 222 g/mol. The topological polar surface area (TPSA) is 64.4 Å². The molecule has 0 aliphatic carbocycles. The number of hydrogen-bond acceptors (Lipinski definition) is 4. The molecule has 86 valence electrons. The normalized spacial score (nSPS) is 9.81. The van der Waals surface area contributed by atoms with Gasteiger partial charge in [-0.15, -0.1) is 0 Å². The Hall–Kier alpha value is -1.88. The number of nitrogens with zero attached hydrogens (tertiary/aromatic N) is 1. The van der Waals surface area contributed by atoms with E-state index in [1.165, 1.54) is 6.07 Å². The second-order valence-electron chi connectivity index (χ2n) is 3.29. The van der Waals surface area contributed by atoms with Crippen LogP contribution in [-0.4, -0.2) is 25.1 Å². The third kappa shape index (κ3) is 3.36. The minimum Gasteiger partial charge on any atom is -0.482 e. The Bertz CT molecular complexity index is 391. The molecule has 0 atom stereocenters. The molecule has 0 aliphatic heterocycles. The quantitative estimate of drug-likeness (QED) is 0.452. The highest BCUT2D eigenvalue weighted by molar-refractivity contribution is 5.45. The molecule has 0 radical (unpaired) electrons. The molecule has 0 aliphatic rings. The third-order valence-electron chi connectivity index (χ3n) is 1.92. The van der Waals surface area contributed by atoms with Crippen LogP contribution >= 0.6 is 0 Å². The Balaban J connectivity index is 2.66. The molecule has 16 heavy (non-hydrogen) atoms. The van der Waals surface area contributed by atoms with Gasteiger partial charge in [0.05, 0.1) is 4.92 Å². The highest BCUT2D eigenvalue weighted by Gasteiger charge is 2.13. The molecule has 0 heterocycles. The van der Waals surface area contributed by atoms with Gasteiger partial charge in [0.1, 0.15) is 6.61 Å². The third-order valence-corrected chi connectivity index (χ3v) is 1.92. The number of ether oxygens (including phenoxy) is 1. The SMILES string of the molecule is C=C(CNC)COc1ccccc1[N+](=O)[O-]. The largest absolute Gasteiger partial charge is 0.482 e. The lowest BCUT2D eigenvalue weighted by molar-refractivity contribution is -0.385. The Labute approximate surface area is 93.9 Å². The van der Waals surface area contributed by atoms with Crippen LogP contribution in [0.1, 0.15) is 0 Å². The summed E-state index contributed by atoms with van der Waals surface area (Å²) in [7, 11) is 1.80. The van der Waals surface area contributed by atoms with Crippen LogP contribution in [0.5, 0.6) is 5.75 Å². The van der Waals surface area contributed by atoms with E-state index >= 15 is 0 Å². The summed E-state index contributed by atoms with van der Waals surface area (Å²) in [4.78, 5) is 10.2. The first kappa shape index (κ1) is 12.2. The molecule has 0 amide bonds. The van der Waals surface area contributed by atoms with Gasteiger partial charge in [0.15, 0.2) is 5.75 Å². The summed E-state index contributed by atoms with van der Waals surface area (Å²) in [5.41, 5.74) is 0.806. The molecular weight excluding hydrogens is 208 g/mol. The van der Waals surface area contributed by atoms with Crippen molar-refractivity contribution in [3.63, 3.8) is 0 Å². The molecule has 0 saturated carbocycles. The summed E-state index contributed by atoms with van der Waals surface area (Å²) < 4.78 is 5.33. The first-order valence-electron chi connectivity index (χ1n) is 4.82. The Morgan fingerprint density at radius 3 is 2.88 bits per heavy atom. The zero-order valence-corrected chi connectivity index (χ0v) is 9.10. The van der Waals surface area contributed by atoms with Gasteiger partial charge in [-0.05, 0) is 18.7 Å². The van der Waals surface area contributed by atoms with Gasteiger partial charge in [-0.3, -0.25) is 10.1 Å². The number of nitro groups is 1. The number of likely N-dealkylation sites (N-methyl/N-ethyl adjacent to an activating group) is 1. The minimum atomic E-state index is -0.462. The Morgan fingerprint density at radius 2 is 2.25 bits per heavy atom. The first-order chi connectivity index (χ1) is 7.65. The molecule has 0 bridgehead atoms. The van der Waals surface area contributed by atoms with Crippen LogP contribution in [0.4, 0.5) is 5.69 Å². The van der Waals surface area contributed by atoms with Gasteiger partial charge in [-0.2, -0.15) is 0 Å². The fraction of sp³-hybridized carbons (Fsp3) is 0.273. The fourth-order valence-electron chi connectivity index (χ4n) is 1.21. The van der Waals surface area contributed by atoms with E-state index in [-0.39, 0.29) is 18.0 Å². The average molecular weight is 222 g/mol. The van der Waals surface area contributed by atoms with Crippen molar-refractivity contribution in [3.05, 3.63) is 46.5 Å². The van der Waals surface area contributed by atoms with E-state index < -0.39 is 4.92 Å². The average Bonchev–Trinajstić information content (AvgIpc) is 2.27. The van der Waals surface area contributed by atoms with E-state index in [0.29, 0.717) is 6.54 Å². The van der Waals surface area contributed by atoms with E-state index in [9.17, 15) is 10.1 Å². The smallest absolute Gasteiger partial charge is 0.310 e. The number of benzene rings is 1. The zero-order chi connectivity index (χ0) is 12.0. The number of rotatable bonds is 6. The summed E-state index contributed by atoms with van der Waals surface area (Å²) in [6.45, 7) is 4.67. The number of para-hydroxylation sites is 2. The van der Waals surface area contributed by atoms with Crippen LogP contribution in [0, 0.1) is 10.1 Å². The standard InChI is InChI=1S/C11H14N2O3/c1-9(7-12-2)8-16-11-6-4-3-5-10(11)13(14)15/h3-6,12H,1,7-8H2,2H3. The molecule has 0 saturated heterocycles.